The highest BCUT2D eigenvalue weighted by molar-refractivity contribution is 5.64. The van der Waals surface area contributed by atoms with Crippen molar-refractivity contribution in [3.8, 4) is 5.75 Å². The maximum Gasteiger partial charge on any atom is 0.121 e. The number of anilines is 1. The van der Waals surface area contributed by atoms with Crippen LogP contribution in [0.5, 0.6) is 5.75 Å². The lowest BCUT2D eigenvalue weighted by atomic mass is 9.72. The summed E-state index contributed by atoms with van der Waals surface area (Å²) in [4.78, 5) is 5.23. The minimum atomic E-state index is -0.543. The van der Waals surface area contributed by atoms with E-state index in [0.717, 1.165) is 31.7 Å². The molecule has 0 amide bonds. The highest BCUT2D eigenvalue weighted by atomic mass is 16.5. The molecule has 6 rings (SSSR count). The summed E-state index contributed by atoms with van der Waals surface area (Å²) in [5.41, 5.74) is 10.8. The van der Waals surface area contributed by atoms with Crippen LogP contribution in [0.1, 0.15) is 55.2 Å². The zero-order chi connectivity index (χ0) is 28.6. The lowest BCUT2D eigenvalue weighted by Crippen LogP contribution is -2.55. The van der Waals surface area contributed by atoms with Gasteiger partial charge in [-0.15, -0.1) is 0 Å². The Bertz CT molecular complexity index is 1270. The van der Waals surface area contributed by atoms with Crippen molar-refractivity contribution in [3.05, 3.63) is 132 Å². The third-order valence-electron chi connectivity index (χ3n) is 9.36. The second kappa shape index (κ2) is 13.6. The van der Waals surface area contributed by atoms with E-state index >= 15 is 0 Å². The lowest BCUT2D eigenvalue weighted by Gasteiger charge is -2.52. The molecule has 0 bridgehead atoms. The first kappa shape index (κ1) is 28.5. The molecule has 0 spiro atoms. The van der Waals surface area contributed by atoms with Gasteiger partial charge in [-0.05, 0) is 86.5 Å². The fourth-order valence-corrected chi connectivity index (χ4v) is 7.37. The summed E-state index contributed by atoms with van der Waals surface area (Å²) < 4.78 is 6.43. The van der Waals surface area contributed by atoms with Gasteiger partial charge in [-0.2, -0.15) is 0 Å². The average molecular weight is 560 g/mol. The molecule has 2 fully saturated rings. The third-order valence-corrected chi connectivity index (χ3v) is 9.36. The molecular formula is C38H45N3O. The Morgan fingerprint density at radius 1 is 0.714 bits per heavy atom. The van der Waals surface area contributed by atoms with Gasteiger partial charge in [-0.3, -0.25) is 4.90 Å². The van der Waals surface area contributed by atoms with Gasteiger partial charge in [0.15, 0.2) is 0 Å². The van der Waals surface area contributed by atoms with Crippen LogP contribution in [-0.2, 0) is 5.54 Å². The fourth-order valence-electron chi connectivity index (χ4n) is 7.37. The summed E-state index contributed by atoms with van der Waals surface area (Å²) in [6.07, 6.45) is 7.20. The molecular weight excluding hydrogens is 514 g/mol. The summed E-state index contributed by atoms with van der Waals surface area (Å²) in [6, 6.07) is 42.4. The number of ether oxygens (including phenoxy) is 1. The van der Waals surface area contributed by atoms with Crippen molar-refractivity contribution >= 4 is 5.69 Å². The molecule has 1 aliphatic heterocycles. The predicted molar refractivity (Wildman–Crippen MR) is 174 cm³/mol. The molecule has 4 nitrogen and oxygen atoms in total. The van der Waals surface area contributed by atoms with E-state index in [2.05, 4.69) is 125 Å². The van der Waals surface area contributed by atoms with Gasteiger partial charge in [0, 0.05) is 24.3 Å². The standard InChI is InChI=1S/C38H45N3O/c39-30-31-14-12-21-35(28-31)41(36-22-13-23-37(29-36)42-27-26-40-24-10-11-25-40)38(32-15-4-1-5-16-32,33-17-6-2-7-18-33)34-19-8-3-9-20-34/h1-9,13,15-20,22-23,29,31,35H,10-12,14,21,24-28,30,39H2. The fraction of sp³-hybridized carbons (Fsp3) is 0.368. The highest BCUT2D eigenvalue weighted by Crippen LogP contribution is 2.48. The zero-order valence-corrected chi connectivity index (χ0v) is 24.8. The number of nitrogens with two attached hydrogens (primary N) is 1. The number of hydrogen-bond donors (Lipinski definition) is 1. The normalized spacial score (nSPS) is 19.5. The Labute approximate surface area is 252 Å². The minimum Gasteiger partial charge on any atom is -0.492 e. The van der Waals surface area contributed by atoms with Crippen molar-refractivity contribution in [2.24, 2.45) is 11.7 Å². The van der Waals surface area contributed by atoms with Gasteiger partial charge in [-0.25, -0.2) is 0 Å². The highest BCUT2D eigenvalue weighted by Gasteiger charge is 2.46. The molecule has 4 aromatic rings. The van der Waals surface area contributed by atoms with E-state index in [0.29, 0.717) is 18.6 Å². The van der Waals surface area contributed by atoms with Gasteiger partial charge >= 0.3 is 0 Å². The number of benzene rings is 4. The molecule has 42 heavy (non-hydrogen) atoms. The van der Waals surface area contributed by atoms with E-state index in [-0.39, 0.29) is 0 Å². The van der Waals surface area contributed by atoms with Crippen LogP contribution in [0.3, 0.4) is 0 Å². The molecule has 2 atom stereocenters. The first-order valence-corrected chi connectivity index (χ1v) is 15.9. The molecule has 1 saturated heterocycles. The Morgan fingerprint density at radius 2 is 1.31 bits per heavy atom. The molecule has 0 radical (unpaired) electrons. The summed E-state index contributed by atoms with van der Waals surface area (Å²) in [7, 11) is 0. The lowest BCUT2D eigenvalue weighted by molar-refractivity contribution is 0.237. The molecule has 2 aliphatic rings. The first-order valence-electron chi connectivity index (χ1n) is 15.9. The van der Waals surface area contributed by atoms with Crippen molar-refractivity contribution in [3.63, 3.8) is 0 Å². The molecule has 1 saturated carbocycles. The van der Waals surface area contributed by atoms with Gasteiger partial charge < -0.3 is 15.4 Å². The van der Waals surface area contributed by atoms with Crippen molar-refractivity contribution in [2.75, 3.05) is 37.7 Å². The minimum absolute atomic E-state index is 0.313. The average Bonchev–Trinajstić information content (AvgIpc) is 3.59. The predicted octanol–water partition coefficient (Wildman–Crippen LogP) is 7.48. The molecule has 218 valence electrons. The Morgan fingerprint density at radius 3 is 1.88 bits per heavy atom. The molecule has 2 unspecified atom stereocenters. The van der Waals surface area contributed by atoms with Gasteiger partial charge in [0.1, 0.15) is 17.9 Å². The van der Waals surface area contributed by atoms with Gasteiger partial charge in [0.2, 0.25) is 0 Å². The second-order valence-electron chi connectivity index (χ2n) is 12.0. The second-order valence-corrected chi connectivity index (χ2v) is 12.0. The number of nitrogens with zero attached hydrogens (tertiary/aromatic N) is 2. The van der Waals surface area contributed by atoms with Crippen molar-refractivity contribution in [1.82, 2.24) is 4.90 Å². The third kappa shape index (κ3) is 5.97. The van der Waals surface area contributed by atoms with Gasteiger partial charge in [-0.1, -0.05) is 103 Å². The Hall–Kier alpha value is -3.60. The quantitative estimate of drug-likeness (QED) is 0.194. The molecule has 1 aliphatic carbocycles. The Kier molecular flexibility index (Phi) is 9.22. The SMILES string of the molecule is NCC1CCCC(N(c2cccc(OCCN3CCCC3)c2)C(c2ccccc2)(c2ccccc2)c2ccccc2)C1. The van der Waals surface area contributed by atoms with E-state index in [1.54, 1.807) is 0 Å². The number of likely N-dealkylation sites (tertiary alicyclic amines) is 1. The van der Waals surface area contributed by atoms with Crippen LogP contribution in [0.4, 0.5) is 5.69 Å². The largest absolute Gasteiger partial charge is 0.492 e. The van der Waals surface area contributed by atoms with Crippen LogP contribution in [0, 0.1) is 5.92 Å². The van der Waals surface area contributed by atoms with Crippen LogP contribution in [0.25, 0.3) is 0 Å². The van der Waals surface area contributed by atoms with E-state index in [9.17, 15) is 0 Å². The van der Waals surface area contributed by atoms with Crippen LogP contribution < -0.4 is 15.4 Å². The molecule has 0 aromatic heterocycles. The Balaban J connectivity index is 1.51. The number of hydrogen-bond acceptors (Lipinski definition) is 4. The van der Waals surface area contributed by atoms with Crippen LogP contribution in [-0.4, -0.2) is 43.7 Å². The van der Waals surface area contributed by atoms with Crippen LogP contribution in [0.15, 0.2) is 115 Å². The smallest absolute Gasteiger partial charge is 0.121 e. The monoisotopic (exact) mass is 559 g/mol. The summed E-state index contributed by atoms with van der Waals surface area (Å²) in [5.74, 6) is 1.46. The van der Waals surface area contributed by atoms with Crippen molar-refractivity contribution in [2.45, 2.75) is 50.1 Å². The van der Waals surface area contributed by atoms with Gasteiger partial charge in [0.05, 0.1) is 0 Å². The topological polar surface area (TPSA) is 41.7 Å². The van der Waals surface area contributed by atoms with Gasteiger partial charge in [0.25, 0.3) is 0 Å². The summed E-state index contributed by atoms with van der Waals surface area (Å²) >= 11 is 0. The first-order chi connectivity index (χ1) is 20.8. The van der Waals surface area contributed by atoms with Crippen molar-refractivity contribution < 1.29 is 4.74 Å². The molecule has 4 heteroatoms. The van der Waals surface area contributed by atoms with E-state index in [4.69, 9.17) is 10.5 Å². The molecule has 2 N–H and O–H groups in total. The zero-order valence-electron chi connectivity index (χ0n) is 24.8. The number of rotatable bonds is 11. The molecule has 4 aromatic carbocycles. The maximum atomic E-state index is 6.43. The van der Waals surface area contributed by atoms with E-state index < -0.39 is 5.54 Å². The van der Waals surface area contributed by atoms with E-state index in [1.165, 1.54) is 61.2 Å². The summed E-state index contributed by atoms with van der Waals surface area (Å²) in [6.45, 7) is 4.81. The van der Waals surface area contributed by atoms with Crippen molar-refractivity contribution in [1.29, 1.82) is 0 Å². The molecule has 1 heterocycles. The maximum absolute atomic E-state index is 6.43. The van der Waals surface area contributed by atoms with E-state index in [1.807, 2.05) is 0 Å². The van der Waals surface area contributed by atoms with Crippen LogP contribution >= 0.6 is 0 Å². The summed E-state index contributed by atoms with van der Waals surface area (Å²) in [5, 5.41) is 0. The van der Waals surface area contributed by atoms with Crippen LogP contribution in [0.2, 0.25) is 0 Å².